The van der Waals surface area contributed by atoms with Crippen molar-refractivity contribution in [1.82, 2.24) is 5.32 Å². The molecule has 25 heavy (non-hydrogen) atoms. The molecule has 8 heteroatoms. The molecule has 0 heterocycles. The van der Waals surface area contributed by atoms with Crippen LogP contribution in [0.25, 0.3) is 0 Å². The Labute approximate surface area is 148 Å². The molecule has 0 bridgehead atoms. The van der Waals surface area contributed by atoms with Crippen molar-refractivity contribution in [3.05, 3.63) is 0 Å². The molecular formula is C17H30N2O6. The van der Waals surface area contributed by atoms with Crippen molar-refractivity contribution in [3.63, 3.8) is 0 Å². The van der Waals surface area contributed by atoms with Crippen molar-refractivity contribution in [2.75, 3.05) is 13.7 Å². The number of carbonyl (C=O) groups excluding carboxylic acids is 2. The number of nitrogens with two attached hydrogens (primary N) is 1. The first-order valence-corrected chi connectivity index (χ1v) is 8.71. The molecule has 0 saturated heterocycles. The van der Waals surface area contributed by atoms with Crippen LogP contribution in [0.2, 0.25) is 0 Å². The van der Waals surface area contributed by atoms with Crippen LogP contribution in [0.1, 0.15) is 52.4 Å². The van der Waals surface area contributed by atoms with Crippen LogP contribution in [0, 0.1) is 5.92 Å². The summed E-state index contributed by atoms with van der Waals surface area (Å²) >= 11 is 0. The van der Waals surface area contributed by atoms with Crippen LogP contribution in [0.3, 0.4) is 0 Å². The third-order valence-corrected chi connectivity index (χ3v) is 4.82. The van der Waals surface area contributed by atoms with Crippen LogP contribution in [0.15, 0.2) is 0 Å². The molecule has 1 fully saturated rings. The summed E-state index contributed by atoms with van der Waals surface area (Å²) in [6.45, 7) is 4.13. The quantitative estimate of drug-likeness (QED) is 0.521. The summed E-state index contributed by atoms with van der Waals surface area (Å²) in [4.78, 5) is 34.6. The van der Waals surface area contributed by atoms with Gasteiger partial charge in [0.1, 0.15) is 0 Å². The van der Waals surface area contributed by atoms with Crippen LogP contribution in [0.4, 0.5) is 0 Å². The number of nitrogens with one attached hydrogen (secondary N) is 1. The molecule has 0 unspecified atom stereocenters. The predicted octanol–water partition coefficient (Wildman–Crippen LogP) is 0.822. The first kappa shape index (κ1) is 21.4. The predicted molar refractivity (Wildman–Crippen MR) is 90.8 cm³/mol. The largest absolute Gasteiger partial charge is 0.481 e. The van der Waals surface area contributed by atoms with E-state index >= 15 is 0 Å². The molecule has 1 saturated carbocycles. The molecule has 1 amide bonds. The van der Waals surface area contributed by atoms with Gasteiger partial charge in [-0.2, -0.15) is 0 Å². The topological polar surface area (TPSA) is 128 Å². The van der Waals surface area contributed by atoms with Crippen molar-refractivity contribution in [3.8, 4) is 0 Å². The summed E-state index contributed by atoms with van der Waals surface area (Å²) in [6, 6.07) is -2.26. The molecule has 4 N–H and O–H groups in total. The molecule has 2 atom stereocenters. The number of ether oxygens (including phenoxy) is 2. The Kier molecular flexibility index (Phi) is 8.31. The SMILES string of the molecule is COC(=O)[C@H](COC1(C(C)C)CCCCC1)NC(=O)[C@@H](N)CC(=O)O. The molecule has 1 rings (SSSR count). The molecule has 8 nitrogen and oxygen atoms in total. The minimum Gasteiger partial charge on any atom is -0.481 e. The molecule has 0 radical (unpaired) electrons. The Balaban J connectivity index is 2.74. The lowest BCUT2D eigenvalue weighted by Gasteiger charge is -2.41. The highest BCUT2D eigenvalue weighted by Crippen LogP contribution is 2.37. The Hall–Kier alpha value is -1.67. The summed E-state index contributed by atoms with van der Waals surface area (Å²) in [7, 11) is 1.22. The average Bonchev–Trinajstić information content (AvgIpc) is 2.57. The van der Waals surface area contributed by atoms with Gasteiger partial charge in [0.15, 0.2) is 6.04 Å². The monoisotopic (exact) mass is 358 g/mol. The Morgan fingerprint density at radius 2 is 1.80 bits per heavy atom. The van der Waals surface area contributed by atoms with E-state index in [0.717, 1.165) is 25.7 Å². The van der Waals surface area contributed by atoms with Crippen LogP contribution in [-0.4, -0.2) is 54.4 Å². The van der Waals surface area contributed by atoms with Crippen molar-refractivity contribution < 1.29 is 29.0 Å². The molecule has 1 aliphatic carbocycles. The number of rotatable bonds is 9. The van der Waals surface area contributed by atoms with Crippen molar-refractivity contribution in [2.45, 2.75) is 70.1 Å². The Morgan fingerprint density at radius 3 is 2.28 bits per heavy atom. The lowest BCUT2D eigenvalue weighted by molar-refractivity contribution is -0.153. The summed E-state index contributed by atoms with van der Waals surface area (Å²) in [5, 5.41) is 11.2. The van der Waals surface area contributed by atoms with E-state index in [4.69, 9.17) is 20.3 Å². The van der Waals surface area contributed by atoms with E-state index in [2.05, 4.69) is 19.2 Å². The number of amides is 1. The van der Waals surface area contributed by atoms with Crippen molar-refractivity contribution in [2.24, 2.45) is 11.7 Å². The smallest absolute Gasteiger partial charge is 0.330 e. The van der Waals surface area contributed by atoms with E-state index < -0.39 is 36.4 Å². The third-order valence-electron chi connectivity index (χ3n) is 4.82. The summed E-state index contributed by atoms with van der Waals surface area (Å²) < 4.78 is 10.8. The highest BCUT2D eigenvalue weighted by atomic mass is 16.5. The lowest BCUT2D eigenvalue weighted by atomic mass is 9.77. The maximum atomic E-state index is 12.0. The molecule has 0 spiro atoms. The standard InChI is InChI=1S/C17H30N2O6/c1-11(2)17(7-5-4-6-8-17)25-10-13(16(23)24-3)19-15(22)12(18)9-14(20)21/h11-13H,4-10,18H2,1-3H3,(H,19,22)(H,20,21)/t12-,13-/m0/s1. The number of carboxylic acid groups (broad SMARTS) is 1. The van der Waals surface area contributed by atoms with Crippen molar-refractivity contribution in [1.29, 1.82) is 0 Å². The van der Waals surface area contributed by atoms with Gasteiger partial charge in [-0.3, -0.25) is 9.59 Å². The number of hydrogen-bond donors (Lipinski definition) is 3. The summed E-state index contributed by atoms with van der Waals surface area (Å²) in [5.74, 6) is -2.28. The number of esters is 1. The molecule has 144 valence electrons. The lowest BCUT2D eigenvalue weighted by Crippen LogP contribution is -2.53. The van der Waals surface area contributed by atoms with Crippen molar-refractivity contribution >= 4 is 17.8 Å². The first-order chi connectivity index (χ1) is 11.7. The number of carboxylic acids is 1. The number of hydrogen-bond acceptors (Lipinski definition) is 6. The van der Waals surface area contributed by atoms with E-state index in [1.165, 1.54) is 13.5 Å². The van der Waals surface area contributed by atoms with E-state index in [1.807, 2.05) is 0 Å². The fraction of sp³-hybridized carbons (Fsp3) is 0.824. The van der Waals surface area contributed by atoms with Gasteiger partial charge in [-0.15, -0.1) is 0 Å². The summed E-state index contributed by atoms with van der Waals surface area (Å²) in [6.07, 6.45) is 4.60. The van der Waals surface area contributed by atoms with E-state index in [-0.39, 0.29) is 18.1 Å². The fourth-order valence-corrected chi connectivity index (χ4v) is 3.16. The highest BCUT2D eigenvalue weighted by molar-refractivity contribution is 5.89. The van der Waals surface area contributed by atoms with Crippen LogP contribution in [-0.2, 0) is 23.9 Å². The fourth-order valence-electron chi connectivity index (χ4n) is 3.16. The number of aliphatic carboxylic acids is 1. The van der Waals surface area contributed by atoms with Crippen LogP contribution < -0.4 is 11.1 Å². The molecule has 0 aromatic carbocycles. The minimum atomic E-state index is -1.24. The van der Waals surface area contributed by atoms with Crippen LogP contribution in [0.5, 0.6) is 0 Å². The molecule has 0 aromatic heterocycles. The highest BCUT2D eigenvalue weighted by Gasteiger charge is 2.38. The van der Waals surface area contributed by atoms with Crippen LogP contribution >= 0.6 is 0 Å². The average molecular weight is 358 g/mol. The van der Waals surface area contributed by atoms with Gasteiger partial charge in [0.05, 0.1) is 31.8 Å². The van der Waals surface area contributed by atoms with Gasteiger partial charge in [0.2, 0.25) is 5.91 Å². The van der Waals surface area contributed by atoms with Gasteiger partial charge in [-0.1, -0.05) is 33.1 Å². The minimum absolute atomic E-state index is 0.0314. The maximum Gasteiger partial charge on any atom is 0.330 e. The van der Waals surface area contributed by atoms with Gasteiger partial charge < -0.3 is 25.6 Å². The zero-order valence-electron chi connectivity index (χ0n) is 15.2. The second kappa shape index (κ2) is 9.72. The maximum absolute atomic E-state index is 12.0. The van der Waals surface area contributed by atoms with Gasteiger partial charge >= 0.3 is 11.9 Å². The second-order valence-electron chi connectivity index (χ2n) is 6.88. The van der Waals surface area contributed by atoms with Gasteiger partial charge in [0.25, 0.3) is 0 Å². The summed E-state index contributed by atoms with van der Waals surface area (Å²) in [5.41, 5.74) is 5.21. The van der Waals surface area contributed by atoms with Gasteiger partial charge in [-0.25, -0.2) is 4.79 Å². The number of methoxy groups -OCH3 is 1. The Bertz CT molecular complexity index is 474. The normalized spacial score (nSPS) is 19.1. The zero-order chi connectivity index (χ0) is 19.0. The van der Waals surface area contributed by atoms with E-state index in [1.54, 1.807) is 0 Å². The van der Waals surface area contributed by atoms with Gasteiger partial charge in [0, 0.05) is 0 Å². The number of carbonyl (C=O) groups is 3. The molecule has 0 aliphatic heterocycles. The second-order valence-corrected chi connectivity index (χ2v) is 6.88. The van der Waals surface area contributed by atoms with E-state index in [0.29, 0.717) is 0 Å². The molecule has 0 aromatic rings. The Morgan fingerprint density at radius 1 is 1.20 bits per heavy atom. The molecular weight excluding hydrogens is 328 g/mol. The third kappa shape index (κ3) is 6.28. The van der Waals surface area contributed by atoms with Gasteiger partial charge in [-0.05, 0) is 18.8 Å². The first-order valence-electron chi connectivity index (χ1n) is 8.71. The van der Waals surface area contributed by atoms with E-state index in [9.17, 15) is 14.4 Å². The molecule has 1 aliphatic rings. The zero-order valence-corrected chi connectivity index (χ0v) is 15.2.